The second-order valence-electron chi connectivity index (χ2n) is 3.25. The van der Waals surface area contributed by atoms with Gasteiger partial charge in [-0.1, -0.05) is 41.4 Å². The highest BCUT2D eigenvalue weighted by atomic mass is 79.9. The minimum atomic E-state index is 0.459. The Morgan fingerprint density at radius 2 is 2.00 bits per heavy atom. The van der Waals surface area contributed by atoms with E-state index in [1.54, 1.807) is 0 Å². The molecule has 0 aliphatic heterocycles. The van der Waals surface area contributed by atoms with Crippen LogP contribution in [0, 0.1) is 0 Å². The summed E-state index contributed by atoms with van der Waals surface area (Å²) in [5.74, 6) is 0.965. The molecule has 0 spiro atoms. The molecule has 1 rings (SSSR count). The summed E-state index contributed by atoms with van der Waals surface area (Å²) in [5, 5.41) is 0.729. The molecule has 0 aromatic heterocycles. The summed E-state index contributed by atoms with van der Waals surface area (Å²) in [6.07, 6.45) is 0. The molecule has 1 aromatic carbocycles. The van der Waals surface area contributed by atoms with E-state index in [-0.39, 0.29) is 0 Å². The first-order valence-corrected chi connectivity index (χ1v) is 5.80. The quantitative estimate of drug-likeness (QED) is 0.672. The molecule has 0 atom stereocenters. The van der Waals surface area contributed by atoms with Gasteiger partial charge in [-0.25, -0.2) is 0 Å². The number of hydrogen-bond acceptors (Lipinski definition) is 0. The van der Waals surface area contributed by atoms with E-state index in [2.05, 4.69) is 29.8 Å². The lowest BCUT2D eigenvalue weighted by Crippen LogP contribution is -1.95. The van der Waals surface area contributed by atoms with Gasteiger partial charge >= 0.3 is 0 Å². The van der Waals surface area contributed by atoms with Gasteiger partial charge < -0.3 is 0 Å². The standard InChI is InChI=1S/C10H11BrCl2/c1-6(2)10-7(5-12)3-8(13)4-9(10)11/h3-4,6H,5H2,1-2H3. The third-order valence-electron chi connectivity index (χ3n) is 1.90. The van der Waals surface area contributed by atoms with Crippen molar-refractivity contribution in [1.29, 1.82) is 0 Å². The molecule has 0 fully saturated rings. The molecular formula is C10H11BrCl2. The van der Waals surface area contributed by atoms with Crippen LogP contribution in [0.2, 0.25) is 5.02 Å². The van der Waals surface area contributed by atoms with Crippen LogP contribution in [0.1, 0.15) is 30.9 Å². The fourth-order valence-corrected chi connectivity index (χ4v) is 2.95. The van der Waals surface area contributed by atoms with Gasteiger partial charge in [0.15, 0.2) is 0 Å². The zero-order valence-electron chi connectivity index (χ0n) is 7.57. The zero-order chi connectivity index (χ0) is 10.0. The van der Waals surface area contributed by atoms with Crippen molar-refractivity contribution in [2.45, 2.75) is 25.6 Å². The number of alkyl halides is 1. The normalized spacial score (nSPS) is 10.9. The summed E-state index contributed by atoms with van der Waals surface area (Å²) >= 11 is 15.3. The Morgan fingerprint density at radius 3 is 2.46 bits per heavy atom. The molecule has 13 heavy (non-hydrogen) atoms. The first-order chi connectivity index (χ1) is 6.06. The maximum absolute atomic E-state index is 5.92. The Bertz CT molecular complexity index is 308. The number of halogens is 3. The van der Waals surface area contributed by atoms with E-state index in [1.807, 2.05) is 12.1 Å². The lowest BCUT2D eigenvalue weighted by molar-refractivity contribution is 0.848. The summed E-state index contributed by atoms with van der Waals surface area (Å²) in [5.41, 5.74) is 2.36. The Kier molecular flexibility index (Phi) is 4.08. The van der Waals surface area contributed by atoms with Gasteiger partial charge in [-0.05, 0) is 29.2 Å². The molecule has 0 N–H and O–H groups in total. The Labute approximate surface area is 97.4 Å². The van der Waals surface area contributed by atoms with Crippen LogP contribution in [0.5, 0.6) is 0 Å². The van der Waals surface area contributed by atoms with E-state index in [4.69, 9.17) is 23.2 Å². The van der Waals surface area contributed by atoms with E-state index >= 15 is 0 Å². The van der Waals surface area contributed by atoms with Crippen LogP contribution in [-0.2, 0) is 5.88 Å². The van der Waals surface area contributed by atoms with Crippen molar-refractivity contribution >= 4 is 39.1 Å². The van der Waals surface area contributed by atoms with Gasteiger partial charge in [0.05, 0.1) is 0 Å². The molecule has 1 aromatic rings. The Hall–Kier alpha value is 0.280. The monoisotopic (exact) mass is 280 g/mol. The lowest BCUT2D eigenvalue weighted by Gasteiger charge is -2.13. The SMILES string of the molecule is CC(C)c1c(Br)cc(Cl)cc1CCl. The second-order valence-corrected chi connectivity index (χ2v) is 4.81. The lowest BCUT2D eigenvalue weighted by atomic mass is 9.98. The van der Waals surface area contributed by atoms with Gasteiger partial charge in [-0.3, -0.25) is 0 Å². The van der Waals surface area contributed by atoms with Crippen LogP contribution in [0.4, 0.5) is 0 Å². The van der Waals surface area contributed by atoms with Crippen molar-refractivity contribution in [1.82, 2.24) is 0 Å². The molecule has 0 amide bonds. The summed E-state index contributed by atoms with van der Waals surface area (Å²) in [4.78, 5) is 0. The third kappa shape index (κ3) is 2.61. The Balaban J connectivity index is 3.30. The first kappa shape index (κ1) is 11.4. The molecule has 3 heteroatoms. The summed E-state index contributed by atoms with van der Waals surface area (Å²) in [6, 6.07) is 3.83. The van der Waals surface area contributed by atoms with Crippen LogP contribution in [0.25, 0.3) is 0 Å². The average molecular weight is 282 g/mol. The van der Waals surface area contributed by atoms with E-state index in [9.17, 15) is 0 Å². The maximum Gasteiger partial charge on any atom is 0.0477 e. The molecule has 0 bridgehead atoms. The molecule has 0 aliphatic carbocycles. The van der Waals surface area contributed by atoms with Crippen molar-refractivity contribution in [3.05, 3.63) is 32.8 Å². The van der Waals surface area contributed by atoms with Crippen molar-refractivity contribution in [2.75, 3.05) is 0 Å². The second kappa shape index (κ2) is 4.68. The molecule has 0 saturated carbocycles. The molecular weight excluding hydrogens is 271 g/mol. The average Bonchev–Trinajstić information content (AvgIpc) is 2.01. The highest BCUT2D eigenvalue weighted by Gasteiger charge is 2.11. The third-order valence-corrected chi connectivity index (χ3v) is 3.06. The van der Waals surface area contributed by atoms with Gasteiger partial charge in [0, 0.05) is 15.4 Å². The van der Waals surface area contributed by atoms with Crippen LogP contribution in [0.3, 0.4) is 0 Å². The molecule has 0 heterocycles. The Morgan fingerprint density at radius 1 is 1.38 bits per heavy atom. The predicted molar refractivity (Wildman–Crippen MR) is 62.8 cm³/mol. The van der Waals surface area contributed by atoms with Crippen LogP contribution in [-0.4, -0.2) is 0 Å². The molecule has 0 aliphatic rings. The molecule has 0 saturated heterocycles. The number of hydrogen-bond donors (Lipinski definition) is 0. The predicted octanol–water partition coefficient (Wildman–Crippen LogP) is 4.96. The van der Waals surface area contributed by atoms with Crippen LogP contribution in [0.15, 0.2) is 16.6 Å². The van der Waals surface area contributed by atoms with Gasteiger partial charge in [0.2, 0.25) is 0 Å². The summed E-state index contributed by atoms with van der Waals surface area (Å²) in [6.45, 7) is 4.29. The van der Waals surface area contributed by atoms with E-state index in [1.165, 1.54) is 5.56 Å². The van der Waals surface area contributed by atoms with Crippen molar-refractivity contribution in [3.63, 3.8) is 0 Å². The zero-order valence-corrected chi connectivity index (χ0v) is 10.7. The van der Waals surface area contributed by atoms with Gasteiger partial charge in [0.25, 0.3) is 0 Å². The molecule has 0 nitrogen and oxygen atoms in total. The molecule has 72 valence electrons. The molecule has 0 unspecified atom stereocenters. The fourth-order valence-electron chi connectivity index (χ4n) is 1.40. The van der Waals surface area contributed by atoms with E-state index < -0.39 is 0 Å². The van der Waals surface area contributed by atoms with Crippen molar-refractivity contribution in [3.8, 4) is 0 Å². The van der Waals surface area contributed by atoms with Gasteiger partial charge in [-0.2, -0.15) is 0 Å². The van der Waals surface area contributed by atoms with Crippen LogP contribution >= 0.6 is 39.1 Å². The minimum absolute atomic E-state index is 0.459. The topological polar surface area (TPSA) is 0 Å². The summed E-state index contributed by atoms with van der Waals surface area (Å²) < 4.78 is 1.05. The fraction of sp³-hybridized carbons (Fsp3) is 0.400. The van der Waals surface area contributed by atoms with Gasteiger partial charge in [0.1, 0.15) is 0 Å². The maximum atomic E-state index is 5.92. The smallest absolute Gasteiger partial charge is 0.0477 e. The highest BCUT2D eigenvalue weighted by molar-refractivity contribution is 9.10. The highest BCUT2D eigenvalue weighted by Crippen LogP contribution is 2.32. The largest absolute Gasteiger partial charge is 0.122 e. The van der Waals surface area contributed by atoms with Crippen LogP contribution < -0.4 is 0 Å². The van der Waals surface area contributed by atoms with E-state index in [0.29, 0.717) is 11.8 Å². The van der Waals surface area contributed by atoms with Crippen molar-refractivity contribution in [2.24, 2.45) is 0 Å². The number of rotatable bonds is 2. The number of benzene rings is 1. The minimum Gasteiger partial charge on any atom is -0.122 e. The van der Waals surface area contributed by atoms with E-state index in [0.717, 1.165) is 15.1 Å². The van der Waals surface area contributed by atoms with Gasteiger partial charge in [-0.15, -0.1) is 11.6 Å². The molecule has 0 radical (unpaired) electrons. The summed E-state index contributed by atoms with van der Waals surface area (Å²) in [7, 11) is 0. The van der Waals surface area contributed by atoms with Crippen molar-refractivity contribution < 1.29 is 0 Å². The first-order valence-electron chi connectivity index (χ1n) is 4.10.